The minimum absolute atomic E-state index is 0. The van der Waals surface area contributed by atoms with E-state index in [4.69, 9.17) is 4.74 Å². The zero-order valence-electron chi connectivity index (χ0n) is 18.1. The number of nitrogens with zero attached hydrogens (tertiary/aromatic N) is 1. The first-order valence-corrected chi connectivity index (χ1v) is 12.3. The van der Waals surface area contributed by atoms with Crippen molar-refractivity contribution in [1.82, 2.24) is 9.71 Å². The average molecular weight is 517 g/mol. The van der Waals surface area contributed by atoms with Crippen LogP contribution < -0.4 is 9.46 Å². The van der Waals surface area contributed by atoms with Gasteiger partial charge in [0.1, 0.15) is 12.4 Å². The molecule has 182 valence electrons. The van der Waals surface area contributed by atoms with Crippen LogP contribution in [0.25, 0.3) is 10.9 Å². The third-order valence-electron chi connectivity index (χ3n) is 6.12. The molecule has 1 aliphatic carbocycles. The number of sulfonamides is 1. The van der Waals surface area contributed by atoms with Crippen LogP contribution in [-0.4, -0.2) is 54.4 Å². The fraction of sp³-hybridized carbons (Fsp3) is 0.333. The van der Waals surface area contributed by atoms with Gasteiger partial charge in [-0.25, -0.2) is 9.71 Å². The van der Waals surface area contributed by atoms with E-state index in [1.807, 2.05) is 36.4 Å². The topological polar surface area (TPSA) is 85.4 Å². The second kappa shape index (κ2) is 10.9. The van der Waals surface area contributed by atoms with Gasteiger partial charge >= 0.3 is 45.1 Å². The summed E-state index contributed by atoms with van der Waals surface area (Å²) in [4.78, 5) is 16.8. The van der Waals surface area contributed by atoms with E-state index in [9.17, 15) is 26.4 Å². The van der Waals surface area contributed by atoms with Gasteiger partial charge in [0, 0.05) is 17.2 Å². The van der Waals surface area contributed by atoms with Gasteiger partial charge in [-0.15, -0.1) is 0 Å². The second-order valence-corrected chi connectivity index (χ2v) is 10.1. The number of rotatable bonds is 7. The normalized spacial score (nSPS) is 15.4. The molecule has 1 heterocycles. The van der Waals surface area contributed by atoms with E-state index >= 15 is 0 Å². The van der Waals surface area contributed by atoms with Crippen LogP contribution in [-0.2, 0) is 26.8 Å². The van der Waals surface area contributed by atoms with Crippen molar-refractivity contribution in [2.45, 2.75) is 49.6 Å². The molecule has 6 nitrogen and oxygen atoms in total. The summed E-state index contributed by atoms with van der Waals surface area (Å²) in [6.07, 6.45) is 2.40. The van der Waals surface area contributed by atoms with E-state index in [2.05, 4.69) is 4.98 Å². The van der Waals surface area contributed by atoms with Gasteiger partial charge in [0.15, 0.2) is 0 Å². The number of halogens is 3. The quantitative estimate of drug-likeness (QED) is 0.473. The molecule has 0 spiro atoms. The zero-order chi connectivity index (χ0) is 24.4. The van der Waals surface area contributed by atoms with Crippen molar-refractivity contribution in [3.63, 3.8) is 0 Å². The molecule has 1 aromatic heterocycles. The van der Waals surface area contributed by atoms with E-state index < -0.39 is 26.9 Å². The van der Waals surface area contributed by atoms with E-state index in [0.717, 1.165) is 39.7 Å². The average Bonchev–Trinajstić information content (AvgIpc) is 3.26. The molecule has 1 N–H and O–H groups in total. The van der Waals surface area contributed by atoms with Gasteiger partial charge < -0.3 is 4.74 Å². The maximum absolute atomic E-state index is 12.6. The van der Waals surface area contributed by atoms with Crippen LogP contribution in [0.1, 0.15) is 43.4 Å². The van der Waals surface area contributed by atoms with Crippen LogP contribution in [0.15, 0.2) is 60.7 Å². The molecule has 0 atom stereocenters. The first kappa shape index (κ1) is 27.4. The Kier molecular flexibility index (Phi) is 8.52. The monoisotopic (exact) mass is 516 g/mol. The summed E-state index contributed by atoms with van der Waals surface area (Å²) in [6, 6.07) is 18.6. The molecular weight excluding hydrogens is 492 g/mol. The van der Waals surface area contributed by atoms with Crippen molar-refractivity contribution >= 4 is 56.4 Å². The van der Waals surface area contributed by atoms with E-state index in [-0.39, 0.29) is 42.6 Å². The molecule has 0 aliphatic heterocycles. The Hall–Kier alpha value is -2.14. The molecule has 3 aromatic rings. The molecular formula is C24H24F3N2NaO4S. The Bertz CT molecular complexity index is 1290. The van der Waals surface area contributed by atoms with Crippen LogP contribution in [0.5, 0.6) is 5.75 Å². The maximum atomic E-state index is 12.6. The molecule has 1 saturated carbocycles. The van der Waals surface area contributed by atoms with E-state index in [1.54, 1.807) is 24.3 Å². The summed E-state index contributed by atoms with van der Waals surface area (Å²) < 4.78 is 67.5. The number of hydrogen-bond donors (Lipinski definition) is 1. The van der Waals surface area contributed by atoms with Gasteiger partial charge in [0.05, 0.1) is 11.2 Å². The number of alkyl halides is 3. The first-order valence-electron chi connectivity index (χ1n) is 10.8. The Balaban J connectivity index is 0.00000342. The number of pyridine rings is 1. The standard InChI is InChI=1S/C24H23F3N2O4S.Na.H/c25-24(26,27)34(31,32)29-22(30)15-23(13-3-4-14-23)18-8-11-20(12-9-18)33-16-19-10-7-17-5-1-2-6-21(17)28-19;;/h1-2,5-12H,3-4,13-16H2,(H,29,30);;. The molecule has 2 aromatic carbocycles. The van der Waals surface area contributed by atoms with E-state index in [1.165, 1.54) is 0 Å². The molecule has 0 saturated heterocycles. The van der Waals surface area contributed by atoms with Gasteiger partial charge in [0.25, 0.3) is 0 Å². The molecule has 1 fully saturated rings. The van der Waals surface area contributed by atoms with Crippen molar-refractivity contribution in [2.75, 3.05) is 0 Å². The molecule has 1 aliphatic rings. The number of carbonyl (C=O) groups is 1. The van der Waals surface area contributed by atoms with Crippen LogP contribution in [0, 0.1) is 0 Å². The van der Waals surface area contributed by atoms with Crippen molar-refractivity contribution in [3.8, 4) is 5.75 Å². The van der Waals surface area contributed by atoms with Gasteiger partial charge in [0.2, 0.25) is 5.91 Å². The Morgan fingerprint density at radius 1 is 1.00 bits per heavy atom. The third kappa shape index (κ3) is 6.35. The molecule has 0 unspecified atom stereocenters. The first-order chi connectivity index (χ1) is 16.1. The fourth-order valence-corrected chi connectivity index (χ4v) is 4.91. The summed E-state index contributed by atoms with van der Waals surface area (Å²) in [5, 5.41) is 1.03. The molecule has 0 bridgehead atoms. The molecule has 0 radical (unpaired) electrons. The number of para-hydroxylation sites is 1. The molecule has 1 amide bonds. The predicted molar refractivity (Wildman–Crippen MR) is 128 cm³/mol. The number of ether oxygens (including phenoxy) is 1. The van der Waals surface area contributed by atoms with Gasteiger partial charge in [-0.05, 0) is 42.7 Å². The van der Waals surface area contributed by atoms with Crippen LogP contribution in [0.4, 0.5) is 13.2 Å². The van der Waals surface area contributed by atoms with E-state index in [0.29, 0.717) is 18.6 Å². The zero-order valence-corrected chi connectivity index (χ0v) is 19.0. The Labute approximate surface area is 223 Å². The summed E-state index contributed by atoms with van der Waals surface area (Å²) >= 11 is 0. The predicted octanol–water partition coefficient (Wildman–Crippen LogP) is 4.33. The van der Waals surface area contributed by atoms with Crippen molar-refractivity contribution in [3.05, 3.63) is 71.9 Å². The van der Waals surface area contributed by atoms with Crippen LogP contribution in [0.2, 0.25) is 0 Å². The minimum atomic E-state index is -5.73. The number of amides is 1. The number of fused-ring (bicyclic) bond motifs is 1. The summed E-state index contributed by atoms with van der Waals surface area (Å²) in [5.74, 6) is -0.585. The second-order valence-electron chi connectivity index (χ2n) is 8.45. The van der Waals surface area contributed by atoms with Crippen molar-refractivity contribution in [2.24, 2.45) is 0 Å². The summed E-state index contributed by atoms with van der Waals surface area (Å²) in [7, 11) is -5.73. The number of benzene rings is 2. The van der Waals surface area contributed by atoms with Crippen molar-refractivity contribution < 1.29 is 31.1 Å². The number of hydrogen-bond acceptors (Lipinski definition) is 5. The third-order valence-corrected chi connectivity index (χ3v) is 7.23. The summed E-state index contributed by atoms with van der Waals surface area (Å²) in [6.45, 7) is 0.257. The molecule has 35 heavy (non-hydrogen) atoms. The number of nitrogens with one attached hydrogen (secondary N) is 1. The van der Waals surface area contributed by atoms with Crippen LogP contribution >= 0.6 is 0 Å². The molecule has 4 rings (SSSR count). The van der Waals surface area contributed by atoms with Gasteiger partial charge in [-0.2, -0.15) is 21.6 Å². The Morgan fingerprint density at radius 2 is 1.66 bits per heavy atom. The Morgan fingerprint density at radius 3 is 2.31 bits per heavy atom. The van der Waals surface area contributed by atoms with Crippen molar-refractivity contribution in [1.29, 1.82) is 0 Å². The van der Waals surface area contributed by atoms with Gasteiger partial charge in [-0.1, -0.05) is 49.2 Å². The number of aromatic nitrogens is 1. The van der Waals surface area contributed by atoms with Gasteiger partial charge in [-0.3, -0.25) is 4.79 Å². The summed E-state index contributed by atoms with van der Waals surface area (Å²) in [5.41, 5.74) is -3.86. The molecule has 11 heteroatoms. The SMILES string of the molecule is O=C(CC1(c2ccc(OCc3ccc4ccccc4n3)cc2)CCCC1)NS(=O)(=O)C(F)(F)F.[NaH]. The number of carbonyl (C=O) groups excluding carboxylic acids is 1. The van der Waals surface area contributed by atoms with Crippen LogP contribution in [0.3, 0.4) is 0 Å². The fourth-order valence-electron chi connectivity index (χ4n) is 4.42.